The number of methoxy groups -OCH3 is 1. The van der Waals surface area contributed by atoms with Gasteiger partial charge in [-0.1, -0.05) is 0 Å². The first-order chi connectivity index (χ1) is 11.9. The molecule has 1 N–H and O–H groups in total. The summed E-state index contributed by atoms with van der Waals surface area (Å²) in [4.78, 5) is 23.6. The van der Waals surface area contributed by atoms with E-state index in [1.165, 1.54) is 0 Å². The Morgan fingerprint density at radius 2 is 1.69 bits per heavy atom. The summed E-state index contributed by atoms with van der Waals surface area (Å²) in [6.07, 6.45) is 2.29. The minimum Gasteiger partial charge on any atom is -0.377 e. The van der Waals surface area contributed by atoms with E-state index in [0.29, 0.717) is 6.54 Å². The minimum absolute atomic E-state index is 0. The summed E-state index contributed by atoms with van der Waals surface area (Å²) in [5.74, 6) is 1.19. The third-order valence-corrected chi connectivity index (χ3v) is 5.37. The van der Waals surface area contributed by atoms with Gasteiger partial charge in [-0.25, -0.2) is 0 Å². The molecule has 7 nitrogen and oxygen atoms in total. The summed E-state index contributed by atoms with van der Waals surface area (Å²) in [5.41, 5.74) is -0.228. The number of amides is 1. The number of hydrogen-bond acceptors (Lipinski definition) is 4. The highest BCUT2D eigenvalue weighted by atomic mass is 127. The van der Waals surface area contributed by atoms with Gasteiger partial charge >= 0.3 is 0 Å². The highest BCUT2D eigenvalue weighted by molar-refractivity contribution is 14.0. The molecule has 0 aliphatic carbocycles. The highest BCUT2D eigenvalue weighted by Crippen LogP contribution is 2.14. The number of guanidine groups is 1. The SMILES string of the molecule is CN=C(NCC(C)(C)OC)N1CCN(C(C)C(=O)N2CCCC2)CC1.I. The standard InChI is InChI=1S/C18H35N5O2.HI/c1-15(16(24)22-8-6-7-9-22)21-10-12-23(13-11-21)17(19-4)20-14-18(2,3)25-5;/h15H,6-14H2,1-5H3,(H,19,20);1H. The molecular formula is C18H36IN5O2. The van der Waals surface area contributed by atoms with Crippen LogP contribution in [0, 0.1) is 0 Å². The topological polar surface area (TPSA) is 60.4 Å². The van der Waals surface area contributed by atoms with Gasteiger partial charge in [0.1, 0.15) is 0 Å². The number of ether oxygens (including phenoxy) is 1. The van der Waals surface area contributed by atoms with E-state index < -0.39 is 0 Å². The molecule has 0 aromatic heterocycles. The summed E-state index contributed by atoms with van der Waals surface area (Å²) < 4.78 is 5.46. The predicted octanol–water partition coefficient (Wildman–Crippen LogP) is 1.23. The summed E-state index contributed by atoms with van der Waals surface area (Å²) in [6.45, 7) is 12.2. The van der Waals surface area contributed by atoms with Crippen molar-refractivity contribution >= 4 is 35.8 Å². The smallest absolute Gasteiger partial charge is 0.239 e. The molecule has 0 aromatic rings. The van der Waals surface area contributed by atoms with Crippen LogP contribution in [0.3, 0.4) is 0 Å². The molecule has 0 saturated carbocycles. The monoisotopic (exact) mass is 481 g/mol. The van der Waals surface area contributed by atoms with Crippen molar-refractivity contribution in [3.05, 3.63) is 0 Å². The largest absolute Gasteiger partial charge is 0.377 e. The Labute approximate surface area is 175 Å². The average molecular weight is 481 g/mol. The molecule has 1 amide bonds. The second-order valence-electron chi connectivity index (χ2n) is 7.60. The lowest BCUT2D eigenvalue weighted by Crippen LogP contribution is -2.57. The Morgan fingerprint density at radius 3 is 2.19 bits per heavy atom. The molecule has 2 fully saturated rings. The second-order valence-corrected chi connectivity index (χ2v) is 7.60. The zero-order chi connectivity index (χ0) is 18.4. The van der Waals surface area contributed by atoms with Crippen LogP contribution >= 0.6 is 24.0 Å². The van der Waals surface area contributed by atoms with Crippen molar-refractivity contribution in [3.8, 4) is 0 Å². The van der Waals surface area contributed by atoms with E-state index in [1.807, 2.05) is 18.9 Å². The van der Waals surface area contributed by atoms with Gasteiger partial charge in [0.2, 0.25) is 5.91 Å². The molecule has 2 rings (SSSR count). The number of likely N-dealkylation sites (tertiary alicyclic amines) is 1. The van der Waals surface area contributed by atoms with Crippen LogP contribution in [-0.2, 0) is 9.53 Å². The molecule has 0 bridgehead atoms. The van der Waals surface area contributed by atoms with Crippen LogP contribution in [0.25, 0.3) is 0 Å². The van der Waals surface area contributed by atoms with Gasteiger partial charge in [0.25, 0.3) is 0 Å². The third-order valence-electron chi connectivity index (χ3n) is 5.37. The Bertz CT molecular complexity index is 472. The van der Waals surface area contributed by atoms with E-state index in [0.717, 1.165) is 58.1 Å². The lowest BCUT2D eigenvalue weighted by Gasteiger charge is -2.40. The van der Waals surface area contributed by atoms with Crippen LogP contribution in [0.1, 0.15) is 33.6 Å². The predicted molar refractivity (Wildman–Crippen MR) is 116 cm³/mol. The first-order valence-corrected chi connectivity index (χ1v) is 9.41. The number of hydrogen-bond donors (Lipinski definition) is 1. The Kier molecular flexibility index (Phi) is 9.60. The van der Waals surface area contributed by atoms with E-state index in [2.05, 4.69) is 34.0 Å². The number of carbonyl (C=O) groups excluding carboxylic acids is 1. The van der Waals surface area contributed by atoms with Gasteiger partial charge in [0.15, 0.2) is 5.96 Å². The molecule has 1 atom stereocenters. The Balaban J connectivity index is 0.00000338. The third kappa shape index (κ3) is 6.23. The maximum Gasteiger partial charge on any atom is 0.239 e. The average Bonchev–Trinajstić information content (AvgIpc) is 3.16. The number of nitrogens with one attached hydrogen (secondary N) is 1. The van der Waals surface area contributed by atoms with E-state index in [1.54, 1.807) is 7.11 Å². The fraction of sp³-hybridized carbons (Fsp3) is 0.889. The molecular weight excluding hydrogens is 445 g/mol. The van der Waals surface area contributed by atoms with E-state index in [-0.39, 0.29) is 41.5 Å². The summed E-state index contributed by atoms with van der Waals surface area (Å²) in [7, 11) is 3.54. The van der Waals surface area contributed by atoms with Crippen molar-refractivity contribution in [2.75, 3.05) is 60.0 Å². The Morgan fingerprint density at radius 1 is 1.12 bits per heavy atom. The first kappa shape index (κ1) is 23.4. The Hall–Kier alpha value is -0.610. The molecule has 0 aromatic carbocycles. The van der Waals surface area contributed by atoms with Crippen molar-refractivity contribution in [2.24, 2.45) is 4.99 Å². The minimum atomic E-state index is -0.228. The molecule has 2 saturated heterocycles. The zero-order valence-electron chi connectivity index (χ0n) is 17.0. The summed E-state index contributed by atoms with van der Waals surface area (Å²) >= 11 is 0. The molecule has 26 heavy (non-hydrogen) atoms. The van der Waals surface area contributed by atoms with Crippen molar-refractivity contribution in [1.82, 2.24) is 20.0 Å². The quantitative estimate of drug-likeness (QED) is 0.364. The zero-order valence-corrected chi connectivity index (χ0v) is 19.3. The van der Waals surface area contributed by atoms with Crippen LogP contribution in [-0.4, -0.2) is 98.2 Å². The fourth-order valence-corrected chi connectivity index (χ4v) is 3.38. The fourth-order valence-electron chi connectivity index (χ4n) is 3.38. The highest BCUT2D eigenvalue weighted by Gasteiger charge is 2.30. The lowest BCUT2D eigenvalue weighted by atomic mass is 10.1. The molecule has 0 radical (unpaired) electrons. The number of rotatable bonds is 5. The lowest BCUT2D eigenvalue weighted by molar-refractivity contribution is -0.135. The maximum atomic E-state index is 12.6. The van der Waals surface area contributed by atoms with Crippen molar-refractivity contribution in [3.63, 3.8) is 0 Å². The van der Waals surface area contributed by atoms with Gasteiger partial charge in [0, 0.05) is 60.0 Å². The summed E-state index contributed by atoms with van der Waals surface area (Å²) in [5, 5.41) is 3.40. The van der Waals surface area contributed by atoms with E-state index >= 15 is 0 Å². The molecule has 8 heteroatoms. The van der Waals surface area contributed by atoms with E-state index in [4.69, 9.17) is 4.74 Å². The molecule has 0 spiro atoms. The van der Waals surface area contributed by atoms with Crippen LogP contribution in [0.5, 0.6) is 0 Å². The molecule has 2 heterocycles. The number of aliphatic imine (C=N–C) groups is 1. The van der Waals surface area contributed by atoms with Gasteiger partial charge in [0.05, 0.1) is 11.6 Å². The normalized spacial score (nSPS) is 20.7. The van der Waals surface area contributed by atoms with Crippen molar-refractivity contribution in [2.45, 2.75) is 45.3 Å². The van der Waals surface area contributed by atoms with Crippen LogP contribution in [0.15, 0.2) is 4.99 Å². The number of nitrogens with zero attached hydrogens (tertiary/aromatic N) is 4. The van der Waals surface area contributed by atoms with Gasteiger partial charge < -0.3 is 19.9 Å². The number of piperazine rings is 1. The maximum absolute atomic E-state index is 12.6. The first-order valence-electron chi connectivity index (χ1n) is 9.41. The molecule has 1 unspecified atom stereocenters. The number of carbonyl (C=O) groups is 1. The molecule has 2 aliphatic rings. The van der Waals surface area contributed by atoms with Gasteiger partial charge in [-0.3, -0.25) is 14.7 Å². The van der Waals surface area contributed by atoms with Gasteiger partial charge in [-0.05, 0) is 33.6 Å². The summed E-state index contributed by atoms with van der Waals surface area (Å²) in [6, 6.07) is -0.0253. The van der Waals surface area contributed by atoms with Gasteiger partial charge in [-0.2, -0.15) is 0 Å². The molecule has 152 valence electrons. The van der Waals surface area contributed by atoms with Crippen LogP contribution in [0.4, 0.5) is 0 Å². The van der Waals surface area contributed by atoms with Gasteiger partial charge in [-0.15, -0.1) is 24.0 Å². The van der Waals surface area contributed by atoms with E-state index in [9.17, 15) is 4.79 Å². The van der Waals surface area contributed by atoms with Crippen molar-refractivity contribution in [1.29, 1.82) is 0 Å². The molecule has 2 aliphatic heterocycles. The second kappa shape index (κ2) is 10.7. The van der Waals surface area contributed by atoms with Crippen molar-refractivity contribution < 1.29 is 9.53 Å². The van der Waals surface area contributed by atoms with Crippen LogP contribution in [0.2, 0.25) is 0 Å². The number of halogens is 1. The van der Waals surface area contributed by atoms with Crippen LogP contribution < -0.4 is 5.32 Å².